The zero-order valence-corrected chi connectivity index (χ0v) is 10.4. The quantitative estimate of drug-likeness (QED) is 0.752. The van der Waals surface area contributed by atoms with Gasteiger partial charge in [0.25, 0.3) is 0 Å². The van der Waals surface area contributed by atoms with Crippen LogP contribution in [0.2, 0.25) is 0 Å². The Bertz CT molecular complexity index is 227. The Morgan fingerprint density at radius 3 is 2.88 bits per heavy atom. The van der Waals surface area contributed by atoms with E-state index in [9.17, 15) is 0 Å². The molecule has 0 spiro atoms. The highest BCUT2D eigenvalue weighted by Gasteiger charge is 2.36. The third kappa shape index (κ3) is 2.94. The minimum absolute atomic E-state index is 0.0836. The average molecular weight is 228 g/mol. The second kappa shape index (κ2) is 5.00. The molecule has 2 saturated heterocycles. The predicted molar refractivity (Wildman–Crippen MR) is 63.4 cm³/mol. The number of ether oxygens (including phenoxy) is 2. The minimum Gasteiger partial charge on any atom is -0.380 e. The van der Waals surface area contributed by atoms with E-state index in [2.05, 4.69) is 18.7 Å². The lowest BCUT2D eigenvalue weighted by Crippen LogP contribution is -2.58. The molecule has 94 valence electrons. The van der Waals surface area contributed by atoms with E-state index in [1.54, 1.807) is 0 Å². The van der Waals surface area contributed by atoms with E-state index in [-0.39, 0.29) is 11.7 Å². The molecule has 0 amide bonds. The summed E-state index contributed by atoms with van der Waals surface area (Å²) in [5, 5.41) is 0. The molecule has 2 heterocycles. The predicted octanol–water partition coefficient (Wildman–Crippen LogP) is 0.604. The van der Waals surface area contributed by atoms with Crippen LogP contribution in [0.3, 0.4) is 0 Å². The number of nitrogens with two attached hydrogens (primary N) is 1. The molecule has 2 N–H and O–H groups in total. The van der Waals surface area contributed by atoms with E-state index in [0.717, 1.165) is 26.3 Å². The number of hydrogen-bond acceptors (Lipinski definition) is 4. The normalized spacial score (nSPS) is 36.2. The highest BCUT2D eigenvalue weighted by Crippen LogP contribution is 2.24. The van der Waals surface area contributed by atoms with Crippen molar-refractivity contribution in [2.75, 3.05) is 32.8 Å². The van der Waals surface area contributed by atoms with E-state index < -0.39 is 0 Å². The van der Waals surface area contributed by atoms with Gasteiger partial charge >= 0.3 is 0 Å². The Balaban J connectivity index is 1.97. The Kier molecular flexibility index (Phi) is 3.85. The molecule has 2 atom stereocenters. The van der Waals surface area contributed by atoms with Crippen LogP contribution in [0.1, 0.15) is 26.7 Å². The number of morpholine rings is 1. The monoisotopic (exact) mass is 228 g/mol. The van der Waals surface area contributed by atoms with Crippen LogP contribution >= 0.6 is 0 Å². The Labute approximate surface area is 98.1 Å². The molecule has 0 aromatic carbocycles. The van der Waals surface area contributed by atoms with E-state index in [4.69, 9.17) is 15.2 Å². The summed E-state index contributed by atoms with van der Waals surface area (Å²) in [5.74, 6) is 0. The lowest BCUT2D eigenvalue weighted by molar-refractivity contribution is -0.150. The zero-order valence-electron chi connectivity index (χ0n) is 10.4. The van der Waals surface area contributed by atoms with Crippen molar-refractivity contribution in [3.63, 3.8) is 0 Å². The summed E-state index contributed by atoms with van der Waals surface area (Å²) in [5.41, 5.74) is 5.65. The van der Waals surface area contributed by atoms with Gasteiger partial charge in [0.1, 0.15) is 0 Å². The summed E-state index contributed by atoms with van der Waals surface area (Å²) in [6, 6.07) is 0.561. The van der Waals surface area contributed by atoms with Crippen molar-refractivity contribution >= 4 is 0 Å². The highest BCUT2D eigenvalue weighted by molar-refractivity contribution is 4.88. The summed E-state index contributed by atoms with van der Waals surface area (Å²) in [7, 11) is 0. The van der Waals surface area contributed by atoms with Gasteiger partial charge in [-0.05, 0) is 26.7 Å². The van der Waals surface area contributed by atoms with Gasteiger partial charge in [0, 0.05) is 32.3 Å². The molecule has 0 aromatic heterocycles. The Morgan fingerprint density at radius 1 is 1.44 bits per heavy atom. The molecule has 16 heavy (non-hydrogen) atoms. The zero-order chi connectivity index (χ0) is 11.6. The highest BCUT2D eigenvalue weighted by atomic mass is 16.5. The lowest BCUT2D eigenvalue weighted by atomic mass is 10.0. The second-order valence-corrected chi connectivity index (χ2v) is 5.54. The maximum Gasteiger partial charge on any atom is 0.0831 e. The van der Waals surface area contributed by atoms with Gasteiger partial charge in [0.15, 0.2) is 0 Å². The van der Waals surface area contributed by atoms with Crippen molar-refractivity contribution in [3.8, 4) is 0 Å². The molecular weight excluding hydrogens is 204 g/mol. The van der Waals surface area contributed by atoms with Crippen LogP contribution in [0.5, 0.6) is 0 Å². The molecule has 0 radical (unpaired) electrons. The van der Waals surface area contributed by atoms with E-state index in [0.29, 0.717) is 12.6 Å². The smallest absolute Gasteiger partial charge is 0.0831 e. The van der Waals surface area contributed by atoms with Crippen LogP contribution in [0, 0.1) is 0 Å². The van der Waals surface area contributed by atoms with Crippen LogP contribution < -0.4 is 5.73 Å². The molecule has 2 aliphatic heterocycles. The molecule has 0 saturated carbocycles. The molecule has 0 aromatic rings. The van der Waals surface area contributed by atoms with Crippen molar-refractivity contribution < 1.29 is 9.47 Å². The SMILES string of the molecule is CC1(C)CN(C2CCCOC2)CC(CN)O1. The van der Waals surface area contributed by atoms with Crippen LogP contribution in [0.15, 0.2) is 0 Å². The van der Waals surface area contributed by atoms with Gasteiger partial charge in [-0.25, -0.2) is 0 Å². The van der Waals surface area contributed by atoms with Crippen LogP contribution in [-0.4, -0.2) is 55.5 Å². The fraction of sp³-hybridized carbons (Fsp3) is 1.00. The number of nitrogens with zero attached hydrogens (tertiary/aromatic N) is 1. The molecule has 4 heteroatoms. The van der Waals surface area contributed by atoms with Crippen molar-refractivity contribution in [2.24, 2.45) is 5.73 Å². The molecule has 0 bridgehead atoms. The molecule has 2 aliphatic rings. The first-order chi connectivity index (χ1) is 7.61. The average Bonchev–Trinajstić information content (AvgIpc) is 2.28. The van der Waals surface area contributed by atoms with Gasteiger partial charge in [-0.3, -0.25) is 4.90 Å². The molecule has 0 aliphatic carbocycles. The third-order valence-electron chi connectivity index (χ3n) is 3.42. The first-order valence-electron chi connectivity index (χ1n) is 6.30. The van der Waals surface area contributed by atoms with Gasteiger partial charge in [-0.1, -0.05) is 0 Å². The largest absolute Gasteiger partial charge is 0.380 e. The standard InChI is InChI=1S/C12H24N2O2/c1-12(2)9-14(7-11(6-13)16-12)10-4-3-5-15-8-10/h10-11H,3-9,13H2,1-2H3. The van der Waals surface area contributed by atoms with E-state index in [1.165, 1.54) is 12.8 Å². The maximum atomic E-state index is 5.94. The van der Waals surface area contributed by atoms with Crippen LogP contribution in [-0.2, 0) is 9.47 Å². The van der Waals surface area contributed by atoms with Crippen LogP contribution in [0.25, 0.3) is 0 Å². The van der Waals surface area contributed by atoms with Crippen LogP contribution in [0.4, 0.5) is 0 Å². The molecule has 2 unspecified atom stereocenters. The first kappa shape index (κ1) is 12.3. The Hall–Kier alpha value is -0.160. The van der Waals surface area contributed by atoms with Gasteiger partial charge in [-0.2, -0.15) is 0 Å². The van der Waals surface area contributed by atoms with Crippen molar-refractivity contribution in [1.82, 2.24) is 4.90 Å². The molecular formula is C12H24N2O2. The van der Waals surface area contributed by atoms with Gasteiger partial charge in [0.05, 0.1) is 18.3 Å². The summed E-state index contributed by atoms with van der Waals surface area (Å²) in [6.45, 7) is 8.62. The summed E-state index contributed by atoms with van der Waals surface area (Å²) >= 11 is 0. The van der Waals surface area contributed by atoms with Crippen molar-refractivity contribution in [2.45, 2.75) is 44.4 Å². The summed E-state index contributed by atoms with van der Waals surface area (Å²) in [4.78, 5) is 2.50. The fourth-order valence-electron chi connectivity index (χ4n) is 2.75. The van der Waals surface area contributed by atoms with E-state index >= 15 is 0 Å². The fourth-order valence-corrected chi connectivity index (χ4v) is 2.75. The lowest BCUT2D eigenvalue weighted by Gasteiger charge is -2.46. The van der Waals surface area contributed by atoms with E-state index in [1.807, 2.05) is 0 Å². The number of hydrogen-bond donors (Lipinski definition) is 1. The minimum atomic E-state index is -0.0836. The Morgan fingerprint density at radius 2 is 2.25 bits per heavy atom. The first-order valence-corrected chi connectivity index (χ1v) is 6.30. The molecule has 2 rings (SSSR count). The third-order valence-corrected chi connectivity index (χ3v) is 3.42. The molecule has 4 nitrogen and oxygen atoms in total. The van der Waals surface area contributed by atoms with Gasteiger partial charge in [-0.15, -0.1) is 0 Å². The number of rotatable bonds is 2. The second-order valence-electron chi connectivity index (χ2n) is 5.54. The van der Waals surface area contributed by atoms with Gasteiger partial charge < -0.3 is 15.2 Å². The summed E-state index contributed by atoms with van der Waals surface area (Å²) < 4.78 is 11.5. The molecule has 2 fully saturated rings. The van der Waals surface area contributed by atoms with Crippen molar-refractivity contribution in [1.29, 1.82) is 0 Å². The van der Waals surface area contributed by atoms with Crippen molar-refractivity contribution in [3.05, 3.63) is 0 Å². The topological polar surface area (TPSA) is 47.7 Å². The van der Waals surface area contributed by atoms with Gasteiger partial charge in [0.2, 0.25) is 0 Å². The maximum absolute atomic E-state index is 5.94. The summed E-state index contributed by atoms with van der Waals surface area (Å²) in [6.07, 6.45) is 2.59.